The van der Waals surface area contributed by atoms with E-state index in [0.29, 0.717) is 19.7 Å². The van der Waals surface area contributed by atoms with Gasteiger partial charge in [0.25, 0.3) is 0 Å². The van der Waals surface area contributed by atoms with Gasteiger partial charge in [0.1, 0.15) is 18.2 Å². The van der Waals surface area contributed by atoms with E-state index < -0.39 is 5.97 Å². The first-order valence-corrected chi connectivity index (χ1v) is 12.3. The maximum atomic E-state index is 11.6. The molecule has 8 heteroatoms. The van der Waals surface area contributed by atoms with Crippen molar-refractivity contribution in [1.82, 2.24) is 19.4 Å². The van der Waals surface area contributed by atoms with Crippen molar-refractivity contribution in [1.29, 1.82) is 0 Å². The summed E-state index contributed by atoms with van der Waals surface area (Å²) in [7, 11) is 0. The summed E-state index contributed by atoms with van der Waals surface area (Å²) in [6.07, 6.45) is 3.90. The first-order chi connectivity index (χ1) is 17.6. The van der Waals surface area contributed by atoms with Gasteiger partial charge >= 0.3 is 5.97 Å². The molecule has 0 bridgehead atoms. The molecule has 6 rings (SSSR count). The fourth-order valence-corrected chi connectivity index (χ4v) is 4.92. The Hall–Kier alpha value is -3.75. The summed E-state index contributed by atoms with van der Waals surface area (Å²) in [6.45, 7) is 4.33. The Labute approximate surface area is 209 Å². The Morgan fingerprint density at radius 3 is 2.83 bits per heavy atom. The van der Waals surface area contributed by atoms with E-state index in [1.807, 2.05) is 24.3 Å². The smallest absolute Gasteiger partial charge is 0.335 e. The zero-order chi connectivity index (χ0) is 24.5. The quantitative estimate of drug-likeness (QED) is 0.403. The number of hydrogen-bond donors (Lipinski definition) is 1. The highest BCUT2D eigenvalue weighted by atomic mass is 16.5. The summed E-state index contributed by atoms with van der Waals surface area (Å²) in [5.74, 6) is 0.852. The Morgan fingerprint density at radius 2 is 2.06 bits per heavy atom. The Balaban J connectivity index is 1.21. The van der Waals surface area contributed by atoms with Gasteiger partial charge in [0, 0.05) is 25.9 Å². The molecule has 2 aromatic heterocycles. The molecule has 0 unspecified atom stereocenters. The number of pyridine rings is 1. The molecule has 2 aliphatic rings. The van der Waals surface area contributed by atoms with E-state index in [-0.39, 0.29) is 11.7 Å². The minimum absolute atomic E-state index is 0.149. The Bertz CT molecular complexity index is 1400. The Kier molecular flexibility index (Phi) is 6.13. The number of fused-ring (bicyclic) bond motifs is 2. The van der Waals surface area contributed by atoms with E-state index in [9.17, 15) is 9.90 Å². The van der Waals surface area contributed by atoms with Crippen LogP contribution in [-0.2, 0) is 37.4 Å². The molecule has 4 aromatic rings. The molecule has 36 heavy (non-hydrogen) atoms. The average Bonchev–Trinajstić information content (AvgIpc) is 3.21. The van der Waals surface area contributed by atoms with E-state index in [2.05, 4.69) is 26.6 Å². The van der Waals surface area contributed by atoms with Crippen molar-refractivity contribution in [2.75, 3.05) is 13.2 Å². The van der Waals surface area contributed by atoms with Crippen LogP contribution in [0.15, 0.2) is 60.8 Å². The van der Waals surface area contributed by atoms with Gasteiger partial charge in [-0.25, -0.2) is 9.78 Å². The molecule has 0 saturated carbocycles. The summed E-state index contributed by atoms with van der Waals surface area (Å²) in [6, 6.07) is 17.3. The van der Waals surface area contributed by atoms with E-state index in [0.717, 1.165) is 60.8 Å². The molecule has 0 spiro atoms. The molecule has 8 nitrogen and oxygen atoms in total. The highest BCUT2D eigenvalue weighted by molar-refractivity contribution is 5.92. The number of aromatic nitrogens is 3. The predicted octanol–water partition coefficient (Wildman–Crippen LogP) is 4.06. The minimum Gasteiger partial charge on any atom is -0.487 e. The number of carboxylic acid groups (broad SMARTS) is 1. The van der Waals surface area contributed by atoms with Gasteiger partial charge in [-0.15, -0.1) is 0 Å². The van der Waals surface area contributed by atoms with Crippen LogP contribution in [0.3, 0.4) is 0 Å². The number of imidazole rings is 1. The van der Waals surface area contributed by atoms with Crippen LogP contribution in [0.5, 0.6) is 5.75 Å². The predicted molar refractivity (Wildman–Crippen MR) is 134 cm³/mol. The van der Waals surface area contributed by atoms with Gasteiger partial charge < -0.3 is 19.1 Å². The zero-order valence-corrected chi connectivity index (χ0v) is 20.0. The third-order valence-corrected chi connectivity index (χ3v) is 7.00. The van der Waals surface area contributed by atoms with Crippen molar-refractivity contribution in [3.05, 3.63) is 89.0 Å². The summed E-state index contributed by atoms with van der Waals surface area (Å²) >= 11 is 0. The van der Waals surface area contributed by atoms with Crippen molar-refractivity contribution in [3.8, 4) is 5.75 Å². The van der Waals surface area contributed by atoms with Crippen molar-refractivity contribution >= 4 is 17.0 Å². The van der Waals surface area contributed by atoms with Crippen molar-refractivity contribution in [2.45, 2.75) is 45.2 Å². The first-order valence-electron chi connectivity index (χ1n) is 12.3. The van der Waals surface area contributed by atoms with Gasteiger partial charge in [0.2, 0.25) is 0 Å². The number of rotatable bonds is 8. The van der Waals surface area contributed by atoms with Crippen LogP contribution in [0.1, 0.15) is 39.4 Å². The molecule has 2 aliphatic heterocycles. The van der Waals surface area contributed by atoms with Crippen LogP contribution in [0.4, 0.5) is 0 Å². The average molecular weight is 485 g/mol. The summed E-state index contributed by atoms with van der Waals surface area (Å²) in [5.41, 5.74) is 5.45. The monoisotopic (exact) mass is 484 g/mol. The van der Waals surface area contributed by atoms with E-state index in [1.54, 1.807) is 24.4 Å². The third kappa shape index (κ3) is 4.69. The lowest BCUT2D eigenvalue weighted by molar-refractivity contribution is -0.0592. The molecule has 4 heterocycles. The molecule has 2 aromatic carbocycles. The number of nitrogens with zero attached hydrogens (tertiary/aromatic N) is 4. The van der Waals surface area contributed by atoms with E-state index in [1.165, 1.54) is 11.1 Å². The maximum Gasteiger partial charge on any atom is 0.335 e. The van der Waals surface area contributed by atoms with Crippen LogP contribution in [0, 0.1) is 0 Å². The maximum absolute atomic E-state index is 11.6. The number of carbonyl (C=O) groups is 1. The minimum atomic E-state index is -0.931. The second kappa shape index (κ2) is 9.72. The van der Waals surface area contributed by atoms with Crippen molar-refractivity contribution in [3.63, 3.8) is 0 Å². The Morgan fingerprint density at radius 1 is 1.14 bits per heavy atom. The van der Waals surface area contributed by atoms with Gasteiger partial charge in [-0.05, 0) is 66.4 Å². The van der Waals surface area contributed by atoms with Crippen LogP contribution < -0.4 is 4.74 Å². The molecule has 1 fully saturated rings. The lowest BCUT2D eigenvalue weighted by Gasteiger charge is -2.30. The number of carboxylic acids is 1. The van der Waals surface area contributed by atoms with Crippen LogP contribution in [-0.4, -0.2) is 49.8 Å². The van der Waals surface area contributed by atoms with E-state index in [4.69, 9.17) is 14.5 Å². The van der Waals surface area contributed by atoms with Crippen LogP contribution in [0.25, 0.3) is 11.0 Å². The van der Waals surface area contributed by atoms with Gasteiger partial charge in [0.05, 0.1) is 41.5 Å². The van der Waals surface area contributed by atoms with Crippen molar-refractivity contribution in [2.24, 2.45) is 0 Å². The molecule has 0 amide bonds. The fraction of sp³-hybridized carbons (Fsp3) is 0.321. The second-order valence-corrected chi connectivity index (χ2v) is 9.43. The van der Waals surface area contributed by atoms with Crippen LogP contribution >= 0.6 is 0 Å². The van der Waals surface area contributed by atoms with Crippen LogP contribution in [0.2, 0.25) is 0 Å². The molecule has 0 aliphatic carbocycles. The van der Waals surface area contributed by atoms with Gasteiger partial charge in [-0.3, -0.25) is 9.88 Å². The normalized spacial score (nSPS) is 17.5. The summed E-state index contributed by atoms with van der Waals surface area (Å²) in [4.78, 5) is 23.2. The molecule has 184 valence electrons. The molecular weight excluding hydrogens is 456 g/mol. The number of hydrogen-bond acceptors (Lipinski definition) is 6. The third-order valence-electron chi connectivity index (χ3n) is 7.00. The topological polar surface area (TPSA) is 89.7 Å². The number of benzene rings is 2. The lowest BCUT2D eigenvalue weighted by atomic mass is 9.99. The highest BCUT2D eigenvalue weighted by Gasteiger charge is 2.24. The standard InChI is InChI=1S/C28H28N4O4/c33-28(34)20-5-7-25-26(14-20)32(16-24-9-12-35-24)27(30-25)17-31-11-8-19-4-6-23(13-21(19)15-31)36-18-22-3-1-2-10-29-22/h1-7,10,13-14,24H,8-9,11-12,15-18H2,(H,33,34)/t24-/m0/s1. The highest BCUT2D eigenvalue weighted by Crippen LogP contribution is 2.27. The number of ether oxygens (including phenoxy) is 2. The SMILES string of the molecule is O=C(O)c1ccc2nc(CN3CCc4ccc(OCc5ccccn5)cc4C3)n(C[C@@H]3CCO3)c2c1. The molecule has 0 radical (unpaired) electrons. The molecular formula is C28H28N4O4. The number of aromatic carboxylic acids is 1. The van der Waals surface area contributed by atoms with Crippen molar-refractivity contribution < 1.29 is 19.4 Å². The lowest BCUT2D eigenvalue weighted by Crippen LogP contribution is -2.34. The molecule has 1 N–H and O–H groups in total. The summed E-state index contributed by atoms with van der Waals surface area (Å²) in [5, 5.41) is 9.48. The van der Waals surface area contributed by atoms with Gasteiger partial charge in [-0.1, -0.05) is 12.1 Å². The van der Waals surface area contributed by atoms with Gasteiger partial charge in [-0.2, -0.15) is 0 Å². The van der Waals surface area contributed by atoms with Gasteiger partial charge in [0.15, 0.2) is 0 Å². The first kappa shape index (κ1) is 22.7. The summed E-state index contributed by atoms with van der Waals surface area (Å²) < 4.78 is 13.8. The molecule has 1 atom stereocenters. The second-order valence-electron chi connectivity index (χ2n) is 9.43. The molecule has 1 saturated heterocycles. The van der Waals surface area contributed by atoms with E-state index >= 15 is 0 Å². The largest absolute Gasteiger partial charge is 0.487 e. The fourth-order valence-electron chi connectivity index (χ4n) is 4.92. The zero-order valence-electron chi connectivity index (χ0n) is 20.0.